The Hall–Kier alpha value is -0.480. The van der Waals surface area contributed by atoms with Gasteiger partial charge in [-0.25, -0.2) is 0 Å². The number of alkyl halides is 1. The van der Waals surface area contributed by atoms with Crippen LogP contribution in [0.1, 0.15) is 6.42 Å². The van der Waals surface area contributed by atoms with Crippen LogP contribution < -0.4 is 0 Å². The average Bonchev–Trinajstić information content (AvgIpc) is 1.69. The van der Waals surface area contributed by atoms with E-state index in [-0.39, 0.29) is 0 Å². The molecule has 0 bridgehead atoms. The first-order valence-corrected chi connectivity index (χ1v) is 2.56. The molecule has 0 unspecified atom stereocenters. The van der Waals surface area contributed by atoms with Gasteiger partial charge in [0.05, 0.1) is 6.07 Å². The second-order valence-electron chi connectivity index (χ2n) is 1.01. The Morgan fingerprint density at radius 1 is 1.71 bits per heavy atom. The van der Waals surface area contributed by atoms with Crippen LogP contribution >= 0.6 is 11.6 Å². The minimum Gasteiger partial charge on any atom is -0.193 e. The first-order chi connectivity index (χ1) is 3.41. The quantitative estimate of drug-likeness (QED) is 0.397. The van der Waals surface area contributed by atoms with Crippen molar-refractivity contribution >= 4 is 11.6 Å². The summed E-state index contributed by atoms with van der Waals surface area (Å²) in [6, 6.07) is 1.86. The average molecular weight is 116 g/mol. The molecule has 2 heteroatoms. The summed E-state index contributed by atoms with van der Waals surface area (Å²) in [6.45, 7) is 0. The molecule has 38 valence electrons. The molecule has 0 saturated carbocycles. The zero-order valence-corrected chi connectivity index (χ0v) is 4.65. The van der Waals surface area contributed by atoms with Gasteiger partial charge in [0.25, 0.3) is 0 Å². The van der Waals surface area contributed by atoms with Crippen LogP contribution in [0.5, 0.6) is 0 Å². The topological polar surface area (TPSA) is 23.8 Å². The minimum absolute atomic E-state index is 0.595. The molecule has 0 N–H and O–H groups in total. The zero-order chi connectivity index (χ0) is 5.54. The summed E-state index contributed by atoms with van der Waals surface area (Å²) in [5.74, 6) is 0.595. The number of hydrogen-bond acceptors (Lipinski definition) is 1. The van der Waals surface area contributed by atoms with E-state index < -0.39 is 0 Å². The SMILES string of the molecule is N#C/C=C\CCCl. The number of nitriles is 1. The van der Waals surface area contributed by atoms with Gasteiger partial charge >= 0.3 is 0 Å². The lowest BCUT2D eigenvalue weighted by Crippen LogP contribution is -1.62. The van der Waals surface area contributed by atoms with E-state index in [9.17, 15) is 0 Å². The van der Waals surface area contributed by atoms with Crippen LogP contribution in [-0.2, 0) is 0 Å². The molecule has 0 aliphatic carbocycles. The van der Waals surface area contributed by atoms with E-state index in [0.717, 1.165) is 6.42 Å². The van der Waals surface area contributed by atoms with Crippen molar-refractivity contribution in [3.8, 4) is 6.07 Å². The molecule has 0 spiro atoms. The van der Waals surface area contributed by atoms with Gasteiger partial charge in [0.2, 0.25) is 0 Å². The van der Waals surface area contributed by atoms with Crippen LogP contribution in [0.2, 0.25) is 0 Å². The summed E-state index contributed by atoms with van der Waals surface area (Å²) in [4.78, 5) is 0. The van der Waals surface area contributed by atoms with Crippen LogP contribution in [0.15, 0.2) is 12.2 Å². The molecule has 7 heavy (non-hydrogen) atoms. The van der Waals surface area contributed by atoms with E-state index in [1.165, 1.54) is 6.08 Å². The van der Waals surface area contributed by atoms with Crippen molar-refractivity contribution in [1.29, 1.82) is 5.26 Å². The Kier molecular flexibility index (Phi) is 5.14. The van der Waals surface area contributed by atoms with E-state index in [1.54, 1.807) is 6.08 Å². The van der Waals surface area contributed by atoms with Gasteiger partial charge in [-0.3, -0.25) is 0 Å². The molecular weight excluding hydrogens is 110 g/mol. The van der Waals surface area contributed by atoms with Crippen LogP contribution in [0, 0.1) is 11.3 Å². The predicted molar refractivity (Wildman–Crippen MR) is 30.1 cm³/mol. The first-order valence-electron chi connectivity index (χ1n) is 2.02. The highest BCUT2D eigenvalue weighted by molar-refractivity contribution is 6.17. The van der Waals surface area contributed by atoms with Gasteiger partial charge in [-0.1, -0.05) is 6.08 Å². The highest BCUT2D eigenvalue weighted by Crippen LogP contribution is 1.84. The van der Waals surface area contributed by atoms with E-state index in [2.05, 4.69) is 0 Å². The normalized spacial score (nSPS) is 9.14. The molecule has 0 aliphatic heterocycles. The Morgan fingerprint density at radius 3 is 2.86 bits per heavy atom. The second kappa shape index (κ2) is 5.52. The van der Waals surface area contributed by atoms with Gasteiger partial charge in [-0.05, 0) is 6.42 Å². The minimum atomic E-state index is 0.595. The fraction of sp³-hybridized carbons (Fsp3) is 0.400. The van der Waals surface area contributed by atoms with E-state index in [0.29, 0.717) is 5.88 Å². The number of hydrogen-bond donors (Lipinski definition) is 0. The molecule has 0 atom stereocenters. The van der Waals surface area contributed by atoms with Crippen molar-refractivity contribution < 1.29 is 0 Å². The van der Waals surface area contributed by atoms with Crippen LogP contribution in [0.3, 0.4) is 0 Å². The number of rotatable bonds is 2. The lowest BCUT2D eigenvalue weighted by Gasteiger charge is -1.73. The van der Waals surface area contributed by atoms with Crippen LogP contribution in [0.4, 0.5) is 0 Å². The van der Waals surface area contributed by atoms with Gasteiger partial charge in [0.1, 0.15) is 0 Å². The molecule has 0 amide bonds. The fourth-order valence-electron chi connectivity index (χ4n) is 0.199. The maximum atomic E-state index is 7.91. The molecule has 0 aromatic heterocycles. The molecule has 0 aromatic carbocycles. The van der Waals surface area contributed by atoms with Crippen molar-refractivity contribution in [3.63, 3.8) is 0 Å². The molecule has 0 fully saturated rings. The van der Waals surface area contributed by atoms with Crippen molar-refractivity contribution in [2.45, 2.75) is 6.42 Å². The molecule has 1 nitrogen and oxygen atoms in total. The van der Waals surface area contributed by atoms with Gasteiger partial charge in [0, 0.05) is 12.0 Å². The van der Waals surface area contributed by atoms with Gasteiger partial charge in [-0.15, -0.1) is 11.6 Å². The summed E-state index contributed by atoms with van der Waals surface area (Å²) >= 11 is 5.28. The Morgan fingerprint density at radius 2 is 2.43 bits per heavy atom. The largest absolute Gasteiger partial charge is 0.193 e. The number of halogens is 1. The van der Waals surface area contributed by atoms with Gasteiger partial charge < -0.3 is 0 Å². The molecule has 0 saturated heterocycles. The Balaban J connectivity index is 2.97. The molecular formula is C5H6ClN. The zero-order valence-electron chi connectivity index (χ0n) is 3.89. The number of allylic oxidation sites excluding steroid dienone is 2. The Bertz CT molecular complexity index is 90.7. The molecule has 0 aliphatic rings. The van der Waals surface area contributed by atoms with Crippen molar-refractivity contribution in [2.75, 3.05) is 5.88 Å². The van der Waals surface area contributed by atoms with E-state index in [1.807, 2.05) is 6.07 Å². The highest BCUT2D eigenvalue weighted by atomic mass is 35.5. The van der Waals surface area contributed by atoms with Gasteiger partial charge in [-0.2, -0.15) is 5.26 Å². The summed E-state index contributed by atoms with van der Waals surface area (Å²) in [5, 5.41) is 7.91. The van der Waals surface area contributed by atoms with Crippen LogP contribution in [0.25, 0.3) is 0 Å². The Labute approximate surface area is 48.2 Å². The second-order valence-corrected chi connectivity index (χ2v) is 1.39. The summed E-state index contributed by atoms with van der Waals surface area (Å²) in [6.07, 6.45) is 3.96. The molecule has 0 radical (unpaired) electrons. The maximum Gasteiger partial charge on any atom is 0.0908 e. The van der Waals surface area contributed by atoms with E-state index in [4.69, 9.17) is 16.9 Å². The lowest BCUT2D eigenvalue weighted by molar-refractivity contribution is 1.23. The standard InChI is InChI=1S/C5H6ClN/c6-4-2-1-3-5-7/h1,3H,2,4H2/b3-1-. The monoisotopic (exact) mass is 115 g/mol. The predicted octanol–water partition coefficient (Wildman–Crippen LogP) is 1.70. The highest BCUT2D eigenvalue weighted by Gasteiger charge is 1.69. The van der Waals surface area contributed by atoms with E-state index >= 15 is 0 Å². The third-order valence-corrected chi connectivity index (χ3v) is 0.686. The van der Waals surface area contributed by atoms with Crippen molar-refractivity contribution in [2.24, 2.45) is 0 Å². The molecule has 0 heterocycles. The smallest absolute Gasteiger partial charge is 0.0908 e. The third-order valence-electron chi connectivity index (χ3n) is 0.468. The first kappa shape index (κ1) is 6.52. The van der Waals surface area contributed by atoms with Crippen LogP contribution in [-0.4, -0.2) is 5.88 Å². The fourth-order valence-corrected chi connectivity index (χ4v) is 0.325. The maximum absolute atomic E-state index is 7.91. The number of nitrogens with zero attached hydrogens (tertiary/aromatic N) is 1. The summed E-state index contributed by atoms with van der Waals surface area (Å²) in [5.41, 5.74) is 0. The van der Waals surface area contributed by atoms with Crippen molar-refractivity contribution in [1.82, 2.24) is 0 Å². The summed E-state index contributed by atoms with van der Waals surface area (Å²) in [7, 11) is 0. The van der Waals surface area contributed by atoms with Gasteiger partial charge in [0.15, 0.2) is 0 Å². The third kappa shape index (κ3) is 5.52. The summed E-state index contributed by atoms with van der Waals surface area (Å²) < 4.78 is 0. The van der Waals surface area contributed by atoms with Crippen molar-refractivity contribution in [3.05, 3.63) is 12.2 Å². The molecule has 0 rings (SSSR count). The lowest BCUT2D eigenvalue weighted by atomic mass is 10.4. The molecule has 0 aromatic rings.